The summed E-state index contributed by atoms with van der Waals surface area (Å²) in [5.74, 6) is -3.74. The van der Waals surface area contributed by atoms with Crippen LogP contribution in [0.3, 0.4) is 0 Å². The van der Waals surface area contributed by atoms with Crippen LogP contribution in [0.25, 0.3) is 0 Å². The minimum absolute atomic E-state index is 0.110. The largest absolute Gasteiger partial charge is 0.204 e. The Morgan fingerprint density at radius 2 is 1.78 bits per heavy atom. The van der Waals surface area contributed by atoms with Crippen molar-refractivity contribution in [2.24, 2.45) is 0 Å². The lowest BCUT2D eigenvalue weighted by Crippen LogP contribution is -2.01. The zero-order valence-electron chi connectivity index (χ0n) is 9.73. The highest BCUT2D eigenvalue weighted by Crippen LogP contribution is 2.39. The molecule has 1 aromatic carbocycles. The Hall–Kier alpha value is -0.810. The highest BCUT2D eigenvalue weighted by atomic mass is 79.9. The second kappa shape index (κ2) is 5.05. The minimum atomic E-state index is -1.43. The van der Waals surface area contributed by atoms with Crippen LogP contribution in [-0.4, -0.2) is 0 Å². The number of alkyl halides is 1. The number of hydrogen-bond donors (Lipinski definition) is 0. The van der Waals surface area contributed by atoms with Gasteiger partial charge in [-0.3, -0.25) is 0 Å². The lowest BCUT2D eigenvalue weighted by atomic mass is 10.1. The molecule has 5 heteroatoms. The fraction of sp³-hybridized carbons (Fsp3) is 0.231. The second-order valence-corrected chi connectivity index (χ2v) is 6.24. The molecule has 0 spiro atoms. The first-order valence-corrected chi connectivity index (χ1v) is 6.99. The van der Waals surface area contributed by atoms with E-state index < -0.39 is 22.3 Å². The van der Waals surface area contributed by atoms with E-state index in [4.69, 9.17) is 0 Å². The van der Waals surface area contributed by atoms with Gasteiger partial charge in [-0.2, -0.15) is 0 Å². The molecule has 1 heterocycles. The third-order valence-electron chi connectivity index (χ3n) is 2.65. The van der Waals surface area contributed by atoms with E-state index in [1.165, 1.54) is 17.4 Å². The standard InChI is InChI=1S/C13H10BrF3S/c1-6-5-7(2)18-13(6)10(14)8-3-4-9(15)12(17)11(8)16/h3-5,10H,1-2H3. The topological polar surface area (TPSA) is 0 Å². The first-order chi connectivity index (χ1) is 8.41. The Kier molecular flexibility index (Phi) is 3.82. The number of halogens is 4. The average molecular weight is 335 g/mol. The molecule has 0 radical (unpaired) electrons. The molecule has 1 aromatic heterocycles. The van der Waals surface area contributed by atoms with Crippen molar-refractivity contribution in [1.29, 1.82) is 0 Å². The number of aryl methyl sites for hydroxylation is 2. The van der Waals surface area contributed by atoms with Crippen molar-refractivity contribution < 1.29 is 13.2 Å². The van der Waals surface area contributed by atoms with E-state index in [2.05, 4.69) is 15.9 Å². The van der Waals surface area contributed by atoms with Crippen LogP contribution in [0.5, 0.6) is 0 Å². The van der Waals surface area contributed by atoms with Gasteiger partial charge in [-0.1, -0.05) is 22.0 Å². The Morgan fingerprint density at radius 1 is 1.11 bits per heavy atom. The van der Waals surface area contributed by atoms with Crippen LogP contribution in [0.15, 0.2) is 18.2 Å². The van der Waals surface area contributed by atoms with Crippen LogP contribution < -0.4 is 0 Å². The van der Waals surface area contributed by atoms with Gasteiger partial charge in [0, 0.05) is 15.3 Å². The maximum absolute atomic E-state index is 13.7. The predicted molar refractivity (Wildman–Crippen MR) is 70.9 cm³/mol. The molecule has 1 unspecified atom stereocenters. The van der Waals surface area contributed by atoms with Crippen molar-refractivity contribution >= 4 is 27.3 Å². The molecular weight excluding hydrogens is 325 g/mol. The zero-order valence-corrected chi connectivity index (χ0v) is 12.1. The van der Waals surface area contributed by atoms with Crippen LogP contribution in [0, 0.1) is 31.3 Å². The van der Waals surface area contributed by atoms with E-state index in [9.17, 15) is 13.2 Å². The van der Waals surface area contributed by atoms with Crippen LogP contribution in [-0.2, 0) is 0 Å². The molecule has 18 heavy (non-hydrogen) atoms. The Bertz CT molecular complexity index is 592. The summed E-state index contributed by atoms with van der Waals surface area (Å²) in [6, 6.07) is 4.19. The number of thiophene rings is 1. The van der Waals surface area contributed by atoms with Gasteiger partial charge in [-0.25, -0.2) is 13.2 Å². The number of benzene rings is 1. The SMILES string of the molecule is Cc1cc(C)c(C(Br)c2ccc(F)c(F)c2F)s1. The van der Waals surface area contributed by atoms with Gasteiger partial charge in [-0.15, -0.1) is 11.3 Å². The van der Waals surface area contributed by atoms with Crippen LogP contribution in [0.4, 0.5) is 13.2 Å². The van der Waals surface area contributed by atoms with E-state index in [0.717, 1.165) is 21.4 Å². The zero-order chi connectivity index (χ0) is 13.4. The van der Waals surface area contributed by atoms with Crippen LogP contribution in [0.1, 0.15) is 25.7 Å². The fourth-order valence-electron chi connectivity index (χ4n) is 1.79. The molecule has 0 aliphatic carbocycles. The molecule has 2 aromatic rings. The molecular formula is C13H10BrF3S. The normalized spacial score (nSPS) is 12.8. The number of rotatable bonds is 2. The van der Waals surface area contributed by atoms with Gasteiger partial charge < -0.3 is 0 Å². The summed E-state index contributed by atoms with van der Waals surface area (Å²) in [4.78, 5) is 1.53. The van der Waals surface area contributed by atoms with E-state index in [-0.39, 0.29) is 5.56 Å². The summed E-state index contributed by atoms with van der Waals surface area (Å²) < 4.78 is 39.8. The van der Waals surface area contributed by atoms with Gasteiger partial charge in [0.25, 0.3) is 0 Å². The van der Waals surface area contributed by atoms with Gasteiger partial charge in [-0.05, 0) is 31.5 Å². The van der Waals surface area contributed by atoms with Gasteiger partial charge in [0.2, 0.25) is 0 Å². The molecule has 0 bridgehead atoms. The van der Waals surface area contributed by atoms with Gasteiger partial charge >= 0.3 is 0 Å². The minimum Gasteiger partial charge on any atom is -0.204 e. The lowest BCUT2D eigenvalue weighted by Gasteiger charge is -2.11. The fourth-order valence-corrected chi connectivity index (χ4v) is 3.82. The van der Waals surface area contributed by atoms with Crippen molar-refractivity contribution in [1.82, 2.24) is 0 Å². The summed E-state index contributed by atoms with van der Waals surface area (Å²) in [6.45, 7) is 3.85. The molecule has 0 fully saturated rings. The Morgan fingerprint density at radius 3 is 2.33 bits per heavy atom. The molecule has 0 saturated carbocycles. The van der Waals surface area contributed by atoms with E-state index in [0.29, 0.717) is 0 Å². The summed E-state index contributed by atoms with van der Waals surface area (Å²) in [7, 11) is 0. The van der Waals surface area contributed by atoms with E-state index in [1.54, 1.807) is 0 Å². The summed E-state index contributed by atoms with van der Waals surface area (Å²) >= 11 is 4.86. The third-order valence-corrected chi connectivity index (χ3v) is 5.12. The number of hydrogen-bond acceptors (Lipinski definition) is 1. The highest BCUT2D eigenvalue weighted by molar-refractivity contribution is 9.09. The van der Waals surface area contributed by atoms with E-state index in [1.807, 2.05) is 19.9 Å². The summed E-state index contributed by atoms with van der Waals surface area (Å²) in [5.41, 5.74) is 1.11. The Labute approximate surface area is 116 Å². The molecule has 1 atom stereocenters. The monoisotopic (exact) mass is 334 g/mol. The molecule has 0 aliphatic rings. The van der Waals surface area contributed by atoms with Crippen molar-refractivity contribution in [2.75, 3.05) is 0 Å². The maximum atomic E-state index is 13.7. The molecule has 0 amide bonds. The van der Waals surface area contributed by atoms with Crippen LogP contribution >= 0.6 is 27.3 Å². The maximum Gasteiger partial charge on any atom is 0.194 e. The molecule has 0 saturated heterocycles. The molecule has 0 nitrogen and oxygen atoms in total. The average Bonchev–Trinajstić information content (AvgIpc) is 2.65. The van der Waals surface area contributed by atoms with Crippen molar-refractivity contribution in [3.8, 4) is 0 Å². The van der Waals surface area contributed by atoms with Crippen molar-refractivity contribution in [2.45, 2.75) is 18.7 Å². The molecule has 0 aliphatic heterocycles. The van der Waals surface area contributed by atoms with Gasteiger partial charge in [0.1, 0.15) is 0 Å². The first-order valence-electron chi connectivity index (χ1n) is 5.26. The smallest absolute Gasteiger partial charge is 0.194 e. The summed E-state index contributed by atoms with van der Waals surface area (Å²) in [6.07, 6.45) is 0. The van der Waals surface area contributed by atoms with Gasteiger partial charge in [0.15, 0.2) is 17.5 Å². The quantitative estimate of drug-likeness (QED) is 0.518. The Balaban J connectivity index is 2.49. The van der Waals surface area contributed by atoms with E-state index >= 15 is 0 Å². The molecule has 96 valence electrons. The van der Waals surface area contributed by atoms with Gasteiger partial charge in [0.05, 0.1) is 4.83 Å². The predicted octanol–water partition coefficient (Wildman–Crippen LogP) is 5.27. The third kappa shape index (κ3) is 2.34. The van der Waals surface area contributed by atoms with Crippen molar-refractivity contribution in [3.05, 3.63) is 56.5 Å². The lowest BCUT2D eigenvalue weighted by molar-refractivity contribution is 0.442. The second-order valence-electron chi connectivity index (χ2n) is 4.03. The first kappa shape index (κ1) is 13.6. The van der Waals surface area contributed by atoms with Crippen LogP contribution in [0.2, 0.25) is 0 Å². The molecule has 2 rings (SSSR count). The highest BCUT2D eigenvalue weighted by Gasteiger charge is 2.22. The summed E-state index contributed by atoms with van der Waals surface area (Å²) in [5, 5.41) is 0. The molecule has 0 N–H and O–H groups in total. The van der Waals surface area contributed by atoms with Crippen molar-refractivity contribution in [3.63, 3.8) is 0 Å².